The molecule has 2 aliphatic carbocycles. The molecule has 0 aromatic heterocycles. The molecule has 12 nitrogen and oxygen atoms in total. The van der Waals surface area contributed by atoms with E-state index in [1.807, 2.05) is 101 Å². The zero-order chi connectivity index (χ0) is 53.6. The van der Waals surface area contributed by atoms with Crippen molar-refractivity contribution in [3.63, 3.8) is 0 Å². The molecular weight excluding hydrogens is 1020 g/mol. The summed E-state index contributed by atoms with van der Waals surface area (Å²) in [7, 11) is 0. The fourth-order valence-corrected chi connectivity index (χ4v) is 11.8. The number of rotatable bonds is 24. The predicted octanol–water partition coefficient (Wildman–Crippen LogP) is 10.8. The van der Waals surface area contributed by atoms with Gasteiger partial charge in [0.2, 0.25) is 23.6 Å². The molecule has 2 saturated heterocycles. The minimum absolute atomic E-state index is 0. The Morgan fingerprint density at radius 1 is 0.538 bits per heavy atom. The summed E-state index contributed by atoms with van der Waals surface area (Å²) in [5.74, 6) is 0.581. The maximum absolute atomic E-state index is 14.3. The summed E-state index contributed by atoms with van der Waals surface area (Å²) in [6.45, 7) is 9.23. The van der Waals surface area contributed by atoms with Gasteiger partial charge in [0.05, 0.1) is 12.1 Å². The van der Waals surface area contributed by atoms with Crippen molar-refractivity contribution >= 4 is 60.0 Å². The van der Waals surface area contributed by atoms with E-state index in [1.54, 1.807) is 9.80 Å². The molecule has 0 bridgehead atoms. The molecule has 2 unspecified atom stereocenters. The van der Waals surface area contributed by atoms with Crippen LogP contribution in [-0.4, -0.2) is 95.5 Å². The summed E-state index contributed by atoms with van der Waals surface area (Å²) in [6.07, 6.45) is 15.4. The highest BCUT2D eigenvalue weighted by Gasteiger charge is 2.41. The molecular formula is C64H82Cl2N4O8. The number of carbonyl (C=O) groups is 6. The maximum Gasteiger partial charge on any atom is 0.246 e. The first-order chi connectivity index (χ1) is 36.9. The molecule has 0 saturated carbocycles. The van der Waals surface area contributed by atoms with E-state index < -0.39 is 24.2 Å². The summed E-state index contributed by atoms with van der Waals surface area (Å²) in [5.41, 5.74) is 6.90. The van der Waals surface area contributed by atoms with Crippen LogP contribution in [0.3, 0.4) is 0 Å². The lowest BCUT2D eigenvalue weighted by Gasteiger charge is -2.31. The lowest BCUT2D eigenvalue weighted by atomic mass is 9.79. The molecule has 0 radical (unpaired) electrons. The van der Waals surface area contributed by atoms with Gasteiger partial charge in [-0.1, -0.05) is 100 Å². The number of nitrogens with zero attached hydrogens (tertiary/aromatic N) is 2. The Bertz CT molecular complexity index is 2500. The average Bonchev–Trinajstić information content (AvgIpc) is 4.16. The number of aryl methyl sites for hydroxylation is 2. The minimum atomic E-state index is -0.804. The Hall–Kier alpha value is -5.98. The van der Waals surface area contributed by atoms with Crippen LogP contribution >= 0.6 is 24.8 Å². The molecule has 4 aromatic carbocycles. The molecule has 2 N–H and O–H groups in total. The molecule has 14 heteroatoms. The number of Topliss-reactive ketones (excluding diaryl/α,β-unsaturated/α-hetero) is 2. The first kappa shape index (κ1) is 61.2. The number of nitrogens with one attached hydrogen (secondary N) is 2. The molecule has 8 atom stereocenters. The quantitative estimate of drug-likeness (QED) is 0.0658. The SMILES string of the molecule is CC[C@@H](C)C(=O)N[C@@H](Cc1ccc(OC/C=C\COc2ccc(C[C@H](NC(=O)[C@H](C)CC)C(=O)N3CCCC3C(=O)C[C@@H]3CCCc4ccccc43)cc2)cc1)C(=O)N1CCCC1C(=O)C[C@@H]1CCCc2ccccc21.Cl.Cl. The summed E-state index contributed by atoms with van der Waals surface area (Å²) in [4.78, 5) is 86.5. The van der Waals surface area contributed by atoms with E-state index in [4.69, 9.17) is 9.47 Å². The normalized spacial score (nSPS) is 20.2. The van der Waals surface area contributed by atoms with Crippen LogP contribution in [-0.2, 0) is 54.5 Å². The molecule has 2 heterocycles. The number of ketones is 2. The molecule has 2 fully saturated rings. The van der Waals surface area contributed by atoms with E-state index >= 15 is 0 Å². The molecule has 4 aromatic rings. The first-order valence-electron chi connectivity index (χ1n) is 28.4. The van der Waals surface area contributed by atoms with Gasteiger partial charge in [-0.25, -0.2) is 0 Å². The first-order valence-corrected chi connectivity index (χ1v) is 28.4. The number of benzene rings is 4. The van der Waals surface area contributed by atoms with Crippen molar-refractivity contribution in [1.82, 2.24) is 20.4 Å². The summed E-state index contributed by atoms with van der Waals surface area (Å²) >= 11 is 0. The predicted molar refractivity (Wildman–Crippen MR) is 311 cm³/mol. The van der Waals surface area contributed by atoms with Gasteiger partial charge in [-0.05, 0) is 159 Å². The summed E-state index contributed by atoms with van der Waals surface area (Å²) < 4.78 is 12.0. The standard InChI is InChI=1S/C64H80N4O8.2ClH/c1-5-43(3)61(71)65-55(63(73)67-35-15-25-57(67)59(69)41-49-21-13-19-47-17-7-9-23-53(47)49)39-45-27-31-51(32-28-45)75-37-11-12-38-76-52-33-29-46(30-34-52)40-56(66-62(72)44(4)6-2)64(74)68-36-16-26-58(68)60(70)42-50-22-14-20-48-18-8-10-24-54(48)50;;/h7-12,17-18,23-24,27-34,43-44,49-50,55-58H,5-6,13-16,19-22,25-26,35-42H2,1-4H3,(H,65,71)(H,66,72);2*1H/b12-11-;;/t43-,44-,49+,50+,55+,56+,57?,58?;;/m1../s1. The van der Waals surface area contributed by atoms with E-state index in [9.17, 15) is 28.8 Å². The highest BCUT2D eigenvalue weighted by atomic mass is 35.5. The third-order valence-electron chi connectivity index (χ3n) is 16.6. The van der Waals surface area contributed by atoms with Crippen LogP contribution in [0, 0.1) is 11.8 Å². The number of hydrogen-bond acceptors (Lipinski definition) is 8. The van der Waals surface area contributed by atoms with E-state index in [1.165, 1.54) is 22.3 Å². The monoisotopic (exact) mass is 1100 g/mol. The van der Waals surface area contributed by atoms with Crippen LogP contribution in [0.2, 0.25) is 0 Å². The Morgan fingerprint density at radius 3 is 1.31 bits per heavy atom. The second kappa shape index (κ2) is 29.8. The largest absolute Gasteiger partial charge is 0.490 e. The van der Waals surface area contributed by atoms with Crippen molar-refractivity contribution in [2.75, 3.05) is 26.3 Å². The molecule has 78 heavy (non-hydrogen) atoms. The lowest BCUT2D eigenvalue weighted by Crippen LogP contribution is -2.53. The second-order valence-electron chi connectivity index (χ2n) is 21.8. The third kappa shape index (κ3) is 15.9. The molecule has 0 spiro atoms. The van der Waals surface area contributed by atoms with Crippen LogP contribution < -0.4 is 20.1 Å². The summed E-state index contributed by atoms with van der Waals surface area (Å²) in [6, 6.07) is 29.3. The van der Waals surface area contributed by atoms with Crippen LogP contribution in [0.1, 0.15) is 150 Å². The van der Waals surface area contributed by atoms with Crippen LogP contribution in [0.5, 0.6) is 11.5 Å². The number of fused-ring (bicyclic) bond motifs is 2. The van der Waals surface area contributed by atoms with Gasteiger partial charge in [0.1, 0.15) is 36.8 Å². The maximum atomic E-state index is 14.3. The summed E-state index contributed by atoms with van der Waals surface area (Å²) in [5, 5.41) is 6.09. The van der Waals surface area contributed by atoms with E-state index in [0.29, 0.717) is 89.2 Å². The topological polar surface area (TPSA) is 151 Å². The number of ether oxygens (including phenoxy) is 2. The van der Waals surface area contributed by atoms with Gasteiger partial charge in [-0.2, -0.15) is 0 Å². The van der Waals surface area contributed by atoms with Crippen molar-refractivity contribution in [3.8, 4) is 11.5 Å². The van der Waals surface area contributed by atoms with E-state index in [0.717, 1.165) is 62.5 Å². The van der Waals surface area contributed by atoms with Crippen molar-refractivity contribution in [2.24, 2.45) is 11.8 Å². The Labute approximate surface area is 475 Å². The fourth-order valence-electron chi connectivity index (χ4n) is 11.8. The van der Waals surface area contributed by atoms with Crippen LogP contribution in [0.25, 0.3) is 0 Å². The van der Waals surface area contributed by atoms with Crippen molar-refractivity contribution in [1.29, 1.82) is 0 Å². The third-order valence-corrected chi connectivity index (χ3v) is 16.6. The number of carbonyl (C=O) groups excluding carboxylic acids is 6. The highest BCUT2D eigenvalue weighted by molar-refractivity contribution is 5.95. The molecule has 4 amide bonds. The van der Waals surface area contributed by atoms with Gasteiger partial charge in [-0.3, -0.25) is 28.8 Å². The number of likely N-dealkylation sites (tertiary alicyclic amines) is 2. The Kier molecular flexibility index (Phi) is 23.4. The lowest BCUT2D eigenvalue weighted by molar-refractivity contribution is -0.141. The fraction of sp³-hybridized carbons (Fsp3) is 0.500. The highest BCUT2D eigenvalue weighted by Crippen LogP contribution is 2.37. The van der Waals surface area contributed by atoms with Gasteiger partial charge in [-0.15, -0.1) is 24.8 Å². The van der Waals surface area contributed by atoms with Crippen molar-refractivity contribution < 1.29 is 38.2 Å². The average molecular weight is 1110 g/mol. The zero-order valence-corrected chi connectivity index (χ0v) is 47.8. The van der Waals surface area contributed by atoms with Crippen LogP contribution in [0.15, 0.2) is 109 Å². The second-order valence-corrected chi connectivity index (χ2v) is 21.8. The number of hydrogen-bond donors (Lipinski definition) is 2. The molecule has 420 valence electrons. The van der Waals surface area contributed by atoms with Gasteiger partial charge >= 0.3 is 0 Å². The number of halogens is 2. The number of amides is 4. The zero-order valence-electron chi connectivity index (χ0n) is 46.1. The van der Waals surface area contributed by atoms with Gasteiger partial charge in [0.15, 0.2) is 11.6 Å². The smallest absolute Gasteiger partial charge is 0.246 e. The molecule has 2 aliphatic heterocycles. The van der Waals surface area contributed by atoms with Crippen LogP contribution in [0.4, 0.5) is 0 Å². The van der Waals surface area contributed by atoms with Crippen molar-refractivity contribution in [2.45, 2.75) is 166 Å². The van der Waals surface area contributed by atoms with Gasteiger partial charge < -0.3 is 29.9 Å². The van der Waals surface area contributed by atoms with E-state index in [2.05, 4.69) is 47.0 Å². The van der Waals surface area contributed by atoms with Gasteiger partial charge in [0.25, 0.3) is 0 Å². The minimum Gasteiger partial charge on any atom is -0.490 e. The molecule has 8 rings (SSSR count). The van der Waals surface area contributed by atoms with Gasteiger partial charge in [0, 0.05) is 50.6 Å². The Morgan fingerprint density at radius 2 is 0.923 bits per heavy atom. The van der Waals surface area contributed by atoms with Crippen molar-refractivity contribution in [3.05, 3.63) is 143 Å². The Balaban J connectivity index is 0.00000492. The van der Waals surface area contributed by atoms with E-state index in [-0.39, 0.29) is 83.7 Å². The molecule has 4 aliphatic rings.